The fourth-order valence-electron chi connectivity index (χ4n) is 0.908. The van der Waals surface area contributed by atoms with Crippen LogP contribution in [0.5, 0.6) is 0 Å². The molecule has 1 aromatic heterocycles. The summed E-state index contributed by atoms with van der Waals surface area (Å²) in [6, 6.07) is 2.15. The maximum atomic E-state index is 8.57. The van der Waals surface area contributed by atoms with E-state index in [0.717, 1.165) is 5.69 Å². The molecule has 3 nitrogen and oxygen atoms in total. The molecule has 0 spiro atoms. The second-order valence-corrected chi connectivity index (χ2v) is 3.20. The van der Waals surface area contributed by atoms with Crippen molar-refractivity contribution in [2.24, 2.45) is 5.92 Å². The molecule has 1 heterocycles. The standard InChI is InChI=1S/C8H10ClN3/c1-6(3-10)5-12-7(2)8(9)4-11-12/h4,6H,5H2,1-2H3. The van der Waals surface area contributed by atoms with Gasteiger partial charge in [-0.1, -0.05) is 11.6 Å². The van der Waals surface area contributed by atoms with E-state index in [2.05, 4.69) is 11.2 Å². The molecule has 0 amide bonds. The SMILES string of the molecule is Cc1c(Cl)cnn1CC(C)C#N. The van der Waals surface area contributed by atoms with Crippen LogP contribution >= 0.6 is 11.6 Å². The first-order chi connectivity index (χ1) is 5.65. The first kappa shape index (κ1) is 9.08. The molecule has 0 N–H and O–H groups in total. The smallest absolute Gasteiger partial charge is 0.0814 e. The van der Waals surface area contributed by atoms with E-state index < -0.39 is 0 Å². The van der Waals surface area contributed by atoms with Crippen molar-refractivity contribution in [3.05, 3.63) is 16.9 Å². The normalized spacial score (nSPS) is 12.5. The van der Waals surface area contributed by atoms with Gasteiger partial charge in [-0.3, -0.25) is 4.68 Å². The van der Waals surface area contributed by atoms with Gasteiger partial charge in [0.1, 0.15) is 0 Å². The summed E-state index contributed by atoms with van der Waals surface area (Å²) < 4.78 is 1.75. The molecular formula is C8H10ClN3. The zero-order valence-electron chi connectivity index (χ0n) is 7.08. The van der Waals surface area contributed by atoms with Crippen molar-refractivity contribution in [2.45, 2.75) is 20.4 Å². The van der Waals surface area contributed by atoms with Gasteiger partial charge in [0.15, 0.2) is 0 Å². The van der Waals surface area contributed by atoms with Gasteiger partial charge in [-0.05, 0) is 13.8 Å². The molecule has 0 aliphatic rings. The lowest BCUT2D eigenvalue weighted by Gasteiger charge is -2.04. The van der Waals surface area contributed by atoms with Crippen molar-refractivity contribution in [1.29, 1.82) is 5.26 Å². The summed E-state index contributed by atoms with van der Waals surface area (Å²) in [5, 5.41) is 13.3. The van der Waals surface area contributed by atoms with Crippen LogP contribution in [-0.2, 0) is 6.54 Å². The third-order valence-corrected chi connectivity index (χ3v) is 2.08. The lowest BCUT2D eigenvalue weighted by atomic mass is 10.2. The fourth-order valence-corrected chi connectivity index (χ4v) is 1.05. The molecule has 1 atom stereocenters. The Balaban J connectivity index is 2.77. The molecule has 64 valence electrons. The van der Waals surface area contributed by atoms with Gasteiger partial charge >= 0.3 is 0 Å². The molecular weight excluding hydrogens is 174 g/mol. The van der Waals surface area contributed by atoms with Crippen LogP contribution in [0.2, 0.25) is 5.02 Å². The van der Waals surface area contributed by atoms with Crippen LogP contribution in [0.1, 0.15) is 12.6 Å². The summed E-state index contributed by atoms with van der Waals surface area (Å²) >= 11 is 5.79. The molecule has 1 rings (SSSR count). The van der Waals surface area contributed by atoms with Crippen LogP contribution < -0.4 is 0 Å². The van der Waals surface area contributed by atoms with Crippen LogP contribution in [0.25, 0.3) is 0 Å². The number of halogens is 1. The van der Waals surface area contributed by atoms with Gasteiger partial charge in [0.05, 0.1) is 35.4 Å². The van der Waals surface area contributed by atoms with Crippen molar-refractivity contribution in [1.82, 2.24) is 9.78 Å². The van der Waals surface area contributed by atoms with Crippen LogP contribution in [0, 0.1) is 24.2 Å². The summed E-state index contributed by atoms with van der Waals surface area (Å²) in [5.74, 6) is -0.0281. The van der Waals surface area contributed by atoms with Crippen molar-refractivity contribution in [3.63, 3.8) is 0 Å². The zero-order chi connectivity index (χ0) is 9.14. The zero-order valence-corrected chi connectivity index (χ0v) is 7.84. The average molecular weight is 184 g/mol. The molecule has 0 aliphatic heterocycles. The third kappa shape index (κ3) is 1.77. The Hall–Kier alpha value is -1.01. The lowest BCUT2D eigenvalue weighted by molar-refractivity contribution is 0.518. The lowest BCUT2D eigenvalue weighted by Crippen LogP contribution is -2.08. The first-order valence-electron chi connectivity index (χ1n) is 3.72. The Morgan fingerprint density at radius 1 is 1.83 bits per heavy atom. The van der Waals surface area contributed by atoms with Crippen LogP contribution in [0.4, 0.5) is 0 Å². The van der Waals surface area contributed by atoms with Crippen LogP contribution in [-0.4, -0.2) is 9.78 Å². The second kappa shape index (κ2) is 3.59. The number of hydrogen-bond donors (Lipinski definition) is 0. The van der Waals surface area contributed by atoms with Gasteiger partial charge in [-0.2, -0.15) is 10.4 Å². The Bertz CT molecular complexity index is 311. The van der Waals surface area contributed by atoms with Crippen molar-refractivity contribution < 1.29 is 0 Å². The van der Waals surface area contributed by atoms with E-state index >= 15 is 0 Å². The maximum Gasteiger partial charge on any atom is 0.0814 e. The van der Waals surface area contributed by atoms with Crippen LogP contribution in [0.15, 0.2) is 6.20 Å². The molecule has 1 unspecified atom stereocenters. The largest absolute Gasteiger partial charge is 0.267 e. The van der Waals surface area contributed by atoms with Crippen molar-refractivity contribution in [3.8, 4) is 6.07 Å². The summed E-state index contributed by atoms with van der Waals surface area (Å²) in [4.78, 5) is 0. The highest BCUT2D eigenvalue weighted by Crippen LogP contribution is 2.14. The molecule has 0 fully saturated rings. The van der Waals surface area contributed by atoms with Gasteiger partial charge in [-0.25, -0.2) is 0 Å². The fraction of sp³-hybridized carbons (Fsp3) is 0.500. The topological polar surface area (TPSA) is 41.6 Å². The van der Waals surface area contributed by atoms with E-state index in [9.17, 15) is 0 Å². The van der Waals surface area contributed by atoms with Gasteiger partial charge in [0, 0.05) is 0 Å². The summed E-state index contributed by atoms with van der Waals surface area (Å²) in [7, 11) is 0. The highest BCUT2D eigenvalue weighted by Gasteiger charge is 2.06. The molecule has 1 aromatic rings. The minimum Gasteiger partial charge on any atom is -0.267 e. The Morgan fingerprint density at radius 2 is 2.50 bits per heavy atom. The van der Waals surface area contributed by atoms with E-state index in [4.69, 9.17) is 16.9 Å². The van der Waals surface area contributed by atoms with Crippen molar-refractivity contribution in [2.75, 3.05) is 0 Å². The van der Waals surface area contributed by atoms with Gasteiger partial charge in [-0.15, -0.1) is 0 Å². The van der Waals surface area contributed by atoms with Gasteiger partial charge < -0.3 is 0 Å². The van der Waals surface area contributed by atoms with E-state index in [1.807, 2.05) is 13.8 Å². The number of hydrogen-bond acceptors (Lipinski definition) is 2. The average Bonchev–Trinajstić information content (AvgIpc) is 2.36. The minimum atomic E-state index is -0.0281. The molecule has 0 saturated carbocycles. The molecule has 0 radical (unpaired) electrons. The molecule has 0 aromatic carbocycles. The third-order valence-electron chi connectivity index (χ3n) is 1.71. The molecule has 0 aliphatic carbocycles. The quantitative estimate of drug-likeness (QED) is 0.704. The molecule has 4 heteroatoms. The predicted octanol–water partition coefficient (Wildman–Crippen LogP) is 2.00. The second-order valence-electron chi connectivity index (χ2n) is 2.79. The Kier molecular flexibility index (Phi) is 2.72. The summed E-state index contributed by atoms with van der Waals surface area (Å²) in [6.45, 7) is 4.35. The minimum absolute atomic E-state index is 0.0281. The van der Waals surface area contributed by atoms with E-state index in [-0.39, 0.29) is 5.92 Å². The highest BCUT2D eigenvalue weighted by molar-refractivity contribution is 6.31. The van der Waals surface area contributed by atoms with E-state index in [0.29, 0.717) is 11.6 Å². The van der Waals surface area contributed by atoms with Crippen molar-refractivity contribution >= 4 is 11.6 Å². The number of nitrogens with zero attached hydrogens (tertiary/aromatic N) is 3. The number of aromatic nitrogens is 2. The molecule has 0 saturated heterocycles. The Morgan fingerprint density at radius 3 is 2.92 bits per heavy atom. The van der Waals surface area contributed by atoms with Gasteiger partial charge in [0.2, 0.25) is 0 Å². The maximum absolute atomic E-state index is 8.57. The summed E-state index contributed by atoms with van der Waals surface area (Å²) in [5.41, 5.74) is 0.916. The van der Waals surface area contributed by atoms with Gasteiger partial charge in [0.25, 0.3) is 0 Å². The van der Waals surface area contributed by atoms with E-state index in [1.165, 1.54) is 0 Å². The highest BCUT2D eigenvalue weighted by atomic mass is 35.5. The Labute approximate surface area is 76.6 Å². The van der Waals surface area contributed by atoms with Crippen LogP contribution in [0.3, 0.4) is 0 Å². The monoisotopic (exact) mass is 183 g/mol. The molecule has 12 heavy (non-hydrogen) atoms. The predicted molar refractivity (Wildman–Crippen MR) is 46.8 cm³/mol. The number of nitriles is 1. The molecule has 0 bridgehead atoms. The van der Waals surface area contributed by atoms with E-state index in [1.54, 1.807) is 10.9 Å². The summed E-state index contributed by atoms with van der Waals surface area (Å²) in [6.07, 6.45) is 1.60. The first-order valence-corrected chi connectivity index (χ1v) is 4.10. The number of rotatable bonds is 2.